The van der Waals surface area contributed by atoms with Crippen LogP contribution in [0.3, 0.4) is 0 Å². The van der Waals surface area contributed by atoms with Gasteiger partial charge in [-0.1, -0.05) is 0 Å². The van der Waals surface area contributed by atoms with Crippen LogP contribution < -0.4 is 0 Å². The van der Waals surface area contributed by atoms with Crippen molar-refractivity contribution in [2.24, 2.45) is 0 Å². The summed E-state index contributed by atoms with van der Waals surface area (Å²) in [5.74, 6) is 0.684. The van der Waals surface area contributed by atoms with E-state index < -0.39 is 18.4 Å². The summed E-state index contributed by atoms with van der Waals surface area (Å²) in [6.45, 7) is 11.2. The van der Waals surface area contributed by atoms with Gasteiger partial charge in [-0.3, -0.25) is 0 Å². The number of hydrogen-bond acceptors (Lipinski definition) is 0. The van der Waals surface area contributed by atoms with Crippen molar-refractivity contribution in [2.75, 3.05) is 5.88 Å². The molecule has 0 aromatic rings. The Hall–Kier alpha value is 0.829. The standard InChI is InChI=1S/C4H6Cl.3C4H9.Sn/c1-4(2)3-5;3*1-3-4-2;/h1-3H2;3*1,3-4H2,2H3;. The van der Waals surface area contributed by atoms with Crippen LogP contribution >= 0.6 is 11.6 Å². The second-order valence-electron chi connectivity index (χ2n) is 5.87. The van der Waals surface area contributed by atoms with Gasteiger partial charge in [0.15, 0.2) is 0 Å². The first-order valence-corrected chi connectivity index (χ1v) is 16.5. The van der Waals surface area contributed by atoms with Gasteiger partial charge >= 0.3 is 125 Å². The molecule has 0 rings (SSSR count). The average Bonchev–Trinajstić information content (AvgIpc) is 2.40. The van der Waals surface area contributed by atoms with E-state index in [4.69, 9.17) is 11.6 Å². The number of alkyl halides is 1. The van der Waals surface area contributed by atoms with Crippen LogP contribution in [0.15, 0.2) is 12.2 Å². The maximum atomic E-state index is 5.99. The average molecular weight is 380 g/mol. The molecule has 0 spiro atoms. The Labute approximate surface area is 124 Å². The third-order valence-corrected chi connectivity index (χ3v) is 20.1. The number of halogens is 1. The maximum absolute atomic E-state index is 5.99. The zero-order valence-corrected chi connectivity index (χ0v) is 16.5. The molecule has 2 heteroatoms. The van der Waals surface area contributed by atoms with Gasteiger partial charge in [-0.15, -0.1) is 0 Å². The van der Waals surface area contributed by atoms with Crippen LogP contribution in [-0.2, 0) is 0 Å². The van der Waals surface area contributed by atoms with Crippen molar-refractivity contribution in [3.63, 3.8) is 0 Å². The van der Waals surface area contributed by atoms with Gasteiger partial charge in [-0.2, -0.15) is 0 Å². The summed E-state index contributed by atoms with van der Waals surface area (Å²) in [7, 11) is 0. The molecule has 18 heavy (non-hydrogen) atoms. The summed E-state index contributed by atoms with van der Waals surface area (Å²) < 4.78 is 6.07. The van der Waals surface area contributed by atoms with Crippen molar-refractivity contribution in [1.82, 2.24) is 0 Å². The second-order valence-corrected chi connectivity index (χ2v) is 20.0. The van der Waals surface area contributed by atoms with Crippen LogP contribution in [-0.4, -0.2) is 24.3 Å². The van der Waals surface area contributed by atoms with Crippen molar-refractivity contribution < 1.29 is 0 Å². The molecule has 0 nitrogen and oxygen atoms in total. The molecule has 0 aliphatic carbocycles. The van der Waals surface area contributed by atoms with Crippen LogP contribution in [0.5, 0.6) is 0 Å². The van der Waals surface area contributed by atoms with Crippen LogP contribution in [0, 0.1) is 0 Å². The number of unbranched alkanes of at least 4 members (excludes halogenated alkanes) is 3. The minimum absolute atomic E-state index is 0.684. The van der Waals surface area contributed by atoms with Crippen LogP contribution in [0.1, 0.15) is 59.3 Å². The van der Waals surface area contributed by atoms with Crippen molar-refractivity contribution in [1.29, 1.82) is 0 Å². The first-order valence-electron chi connectivity index (χ1n) is 7.86. The number of rotatable bonds is 12. The summed E-state index contributed by atoms with van der Waals surface area (Å²) in [4.78, 5) is 0. The molecule has 0 aromatic heterocycles. The van der Waals surface area contributed by atoms with Gasteiger partial charge in [0.05, 0.1) is 0 Å². The topological polar surface area (TPSA) is 0 Å². The second kappa shape index (κ2) is 11.6. The van der Waals surface area contributed by atoms with Crippen LogP contribution in [0.2, 0.25) is 17.7 Å². The molecule has 0 fully saturated rings. The predicted octanol–water partition coefficient (Wildman–Crippen LogP) is 6.63. The minimum atomic E-state index is -1.96. The molecule has 0 aliphatic rings. The Bertz CT molecular complexity index is 191. The van der Waals surface area contributed by atoms with E-state index in [1.807, 2.05) is 0 Å². The van der Waals surface area contributed by atoms with E-state index in [-0.39, 0.29) is 0 Å². The van der Waals surface area contributed by atoms with Crippen molar-refractivity contribution >= 4 is 30.0 Å². The van der Waals surface area contributed by atoms with Crippen molar-refractivity contribution in [3.05, 3.63) is 12.2 Å². The first kappa shape index (κ1) is 18.8. The number of hydrogen-bond donors (Lipinski definition) is 0. The summed E-state index contributed by atoms with van der Waals surface area (Å²) in [5, 5.41) is 0. The molecule has 0 N–H and O–H groups in total. The van der Waals surface area contributed by atoms with Crippen LogP contribution in [0.25, 0.3) is 0 Å². The molecule has 0 aromatic carbocycles. The van der Waals surface area contributed by atoms with E-state index in [1.165, 1.54) is 48.5 Å². The van der Waals surface area contributed by atoms with Crippen LogP contribution in [0.4, 0.5) is 0 Å². The third-order valence-electron chi connectivity index (χ3n) is 4.00. The van der Waals surface area contributed by atoms with Gasteiger partial charge in [0, 0.05) is 0 Å². The zero-order chi connectivity index (χ0) is 13.9. The molecule has 0 amide bonds. The Morgan fingerprint density at radius 3 is 1.56 bits per heavy atom. The molecule has 0 unspecified atom stereocenters. The predicted molar refractivity (Wildman–Crippen MR) is 89.6 cm³/mol. The Morgan fingerprint density at radius 1 is 0.889 bits per heavy atom. The van der Waals surface area contributed by atoms with Gasteiger partial charge in [0.2, 0.25) is 0 Å². The van der Waals surface area contributed by atoms with E-state index >= 15 is 0 Å². The molecule has 0 saturated heterocycles. The van der Waals surface area contributed by atoms with Gasteiger partial charge < -0.3 is 0 Å². The molecule has 0 bridgehead atoms. The molecular weight excluding hydrogens is 346 g/mol. The summed E-state index contributed by atoms with van der Waals surface area (Å²) >= 11 is 4.04. The fourth-order valence-electron chi connectivity index (χ4n) is 2.87. The van der Waals surface area contributed by atoms with E-state index in [0.717, 1.165) is 0 Å². The molecule has 108 valence electrons. The summed E-state index contributed by atoms with van der Waals surface area (Å²) in [6, 6.07) is 0. The SMILES string of the molecule is C=C(CCl)[CH2][Sn]([CH2]CCC)([CH2]CCC)[CH2]CCC. The van der Waals surface area contributed by atoms with Crippen molar-refractivity contribution in [2.45, 2.75) is 77.0 Å². The molecule has 0 radical (unpaired) electrons. The summed E-state index contributed by atoms with van der Waals surface area (Å²) in [6.07, 6.45) is 8.38. The number of allylic oxidation sites excluding steroid dienone is 1. The Morgan fingerprint density at radius 2 is 1.28 bits per heavy atom. The van der Waals surface area contributed by atoms with Gasteiger partial charge in [-0.25, -0.2) is 0 Å². The normalized spacial score (nSPS) is 11.8. The molecule has 0 atom stereocenters. The quantitative estimate of drug-likeness (QED) is 0.203. The van der Waals surface area contributed by atoms with E-state index in [1.54, 1.807) is 13.3 Å². The summed E-state index contributed by atoms with van der Waals surface area (Å²) in [5.41, 5.74) is 1.33. The van der Waals surface area contributed by atoms with Gasteiger partial charge in [0.1, 0.15) is 0 Å². The third kappa shape index (κ3) is 8.09. The van der Waals surface area contributed by atoms with E-state index in [0.29, 0.717) is 5.88 Å². The van der Waals surface area contributed by atoms with Crippen molar-refractivity contribution in [3.8, 4) is 0 Å². The first-order chi connectivity index (χ1) is 8.64. The Kier molecular flexibility index (Phi) is 12.2. The molecule has 0 aliphatic heterocycles. The Balaban J connectivity index is 4.66. The van der Waals surface area contributed by atoms with E-state index in [9.17, 15) is 0 Å². The van der Waals surface area contributed by atoms with E-state index in [2.05, 4.69) is 27.4 Å². The zero-order valence-electron chi connectivity index (χ0n) is 12.9. The molecule has 0 heterocycles. The van der Waals surface area contributed by atoms with Gasteiger partial charge in [0.25, 0.3) is 0 Å². The fourth-order valence-corrected chi connectivity index (χ4v) is 19.9. The fraction of sp³-hybridized carbons (Fsp3) is 0.875. The molecule has 0 saturated carbocycles. The van der Waals surface area contributed by atoms with Gasteiger partial charge in [-0.05, 0) is 0 Å². The monoisotopic (exact) mass is 380 g/mol. The molecular formula is C16H33ClSn.